The van der Waals surface area contributed by atoms with Gasteiger partial charge >= 0.3 is 16.5 Å². The molecular weight excluding hydrogens is 491 g/mol. The lowest BCUT2D eigenvalue weighted by molar-refractivity contribution is -0.128. The highest BCUT2D eigenvalue weighted by Crippen LogP contribution is 2.35. The number of nitrogens with one attached hydrogen (secondary N) is 1. The first-order valence-electron chi connectivity index (χ1n) is 10.9. The number of hydrogen-bond acceptors (Lipinski definition) is 8. The summed E-state index contributed by atoms with van der Waals surface area (Å²) in [6.07, 6.45) is 6.59. The molecule has 2 aromatic rings. The fourth-order valence-corrected chi connectivity index (χ4v) is 7.09. The second-order valence-electron chi connectivity index (χ2n) is 8.31. The van der Waals surface area contributed by atoms with Crippen molar-refractivity contribution in [2.24, 2.45) is 0 Å². The number of carbonyl (C=O) groups is 1. The minimum absolute atomic E-state index is 0.0503. The van der Waals surface area contributed by atoms with E-state index in [0.717, 1.165) is 62.2 Å². The lowest BCUT2D eigenvalue weighted by atomic mass is 9.89. The van der Waals surface area contributed by atoms with E-state index >= 15 is 4.39 Å². The maximum atomic E-state index is 15.1. The second kappa shape index (κ2) is 10.1. The van der Waals surface area contributed by atoms with E-state index in [-0.39, 0.29) is 22.7 Å². The van der Waals surface area contributed by atoms with Crippen LogP contribution in [0.2, 0.25) is 5.02 Å². The summed E-state index contributed by atoms with van der Waals surface area (Å²) in [6, 6.07) is 2.58. The number of halogens is 2. The molecule has 1 saturated heterocycles. The summed E-state index contributed by atoms with van der Waals surface area (Å²) in [5.41, 5.74) is 0.875. The van der Waals surface area contributed by atoms with Crippen LogP contribution in [0.25, 0.3) is 0 Å². The van der Waals surface area contributed by atoms with Gasteiger partial charge in [0.15, 0.2) is 0 Å². The van der Waals surface area contributed by atoms with Crippen LogP contribution < -0.4 is 9.79 Å². The van der Waals surface area contributed by atoms with E-state index in [1.54, 1.807) is 12.3 Å². The smallest absolute Gasteiger partial charge is 0.322 e. The lowest BCUT2D eigenvalue weighted by Crippen LogP contribution is -2.47. The molecule has 1 aliphatic carbocycles. The first kappa shape index (κ1) is 24.2. The molecule has 1 N–H and O–H groups in total. The summed E-state index contributed by atoms with van der Waals surface area (Å²) >= 11 is 7.36. The van der Waals surface area contributed by atoms with Gasteiger partial charge in [0.25, 0.3) is 0 Å². The Morgan fingerprint density at radius 3 is 2.67 bits per heavy atom. The summed E-state index contributed by atoms with van der Waals surface area (Å²) in [5.74, 6) is -0.997. The molecule has 0 amide bonds. The third-order valence-corrected chi connectivity index (χ3v) is 9.02. The SMILES string of the molecule is Cc1csc(N(OC=O)S(=O)(=O)c2cc(Cl)c(N[C@H]3CCCC[C@@H]3N3CCCC3)cc2F)n1. The Balaban J connectivity index is 1.61. The van der Waals surface area contributed by atoms with E-state index in [4.69, 9.17) is 11.6 Å². The topological polar surface area (TPSA) is 91.8 Å². The van der Waals surface area contributed by atoms with Crippen molar-refractivity contribution in [1.29, 1.82) is 0 Å². The molecule has 12 heteroatoms. The van der Waals surface area contributed by atoms with Crippen LogP contribution in [0.5, 0.6) is 0 Å². The zero-order chi connectivity index (χ0) is 23.6. The Hall–Kier alpha value is -1.95. The first-order chi connectivity index (χ1) is 15.8. The molecule has 33 heavy (non-hydrogen) atoms. The van der Waals surface area contributed by atoms with Gasteiger partial charge in [0.05, 0.1) is 16.4 Å². The highest BCUT2D eigenvalue weighted by Gasteiger charge is 2.35. The van der Waals surface area contributed by atoms with Crippen molar-refractivity contribution in [3.05, 3.63) is 34.0 Å². The van der Waals surface area contributed by atoms with Gasteiger partial charge in [-0.3, -0.25) is 9.69 Å². The largest absolute Gasteiger partial charge is 0.379 e. The van der Waals surface area contributed by atoms with Crippen molar-refractivity contribution >= 4 is 50.3 Å². The van der Waals surface area contributed by atoms with E-state index < -0.39 is 20.7 Å². The third-order valence-electron chi connectivity index (χ3n) is 6.10. The number of likely N-dealkylation sites (tertiary alicyclic amines) is 1. The van der Waals surface area contributed by atoms with E-state index in [2.05, 4.69) is 20.0 Å². The molecule has 2 atom stereocenters. The Morgan fingerprint density at radius 2 is 2.00 bits per heavy atom. The zero-order valence-electron chi connectivity index (χ0n) is 18.2. The number of aryl methyl sites for hydroxylation is 1. The maximum Gasteiger partial charge on any atom is 0.322 e. The average molecular weight is 517 g/mol. The van der Waals surface area contributed by atoms with Gasteiger partial charge in [0.1, 0.15) is 10.7 Å². The number of aromatic nitrogens is 1. The summed E-state index contributed by atoms with van der Waals surface area (Å²) in [7, 11) is -4.60. The fourth-order valence-electron chi connectivity index (χ4n) is 4.58. The maximum absolute atomic E-state index is 15.1. The number of sulfonamides is 1. The lowest BCUT2D eigenvalue weighted by Gasteiger charge is -2.39. The average Bonchev–Trinajstić information content (AvgIpc) is 3.46. The van der Waals surface area contributed by atoms with Crippen LogP contribution in [-0.2, 0) is 19.7 Å². The Bertz CT molecular complexity index is 1110. The number of thiazole rings is 1. The van der Waals surface area contributed by atoms with Crippen molar-refractivity contribution in [3.8, 4) is 0 Å². The zero-order valence-corrected chi connectivity index (χ0v) is 20.6. The number of benzene rings is 1. The minimum atomic E-state index is -4.60. The number of carbonyl (C=O) groups excluding carboxylic acids is 1. The van der Waals surface area contributed by atoms with Crippen LogP contribution in [-0.4, -0.2) is 49.9 Å². The third kappa shape index (κ3) is 5.11. The predicted molar refractivity (Wildman–Crippen MR) is 126 cm³/mol. The van der Waals surface area contributed by atoms with Gasteiger partial charge in [-0.15, -0.1) is 11.3 Å². The summed E-state index contributed by atoms with van der Waals surface area (Å²) in [6.45, 7) is 3.73. The molecular formula is C21H26ClFN4O4S2. The van der Waals surface area contributed by atoms with Crippen LogP contribution in [0.15, 0.2) is 22.4 Å². The molecule has 0 bridgehead atoms. The molecule has 0 radical (unpaired) electrons. The number of nitrogens with zero attached hydrogens (tertiary/aromatic N) is 3. The molecule has 8 nitrogen and oxygen atoms in total. The minimum Gasteiger partial charge on any atom is -0.379 e. The molecule has 4 rings (SSSR count). The molecule has 1 aromatic heterocycles. The molecule has 1 saturated carbocycles. The highest BCUT2D eigenvalue weighted by atomic mass is 35.5. The van der Waals surface area contributed by atoms with Crippen molar-refractivity contribution in [2.75, 3.05) is 22.9 Å². The van der Waals surface area contributed by atoms with E-state index in [9.17, 15) is 13.2 Å². The van der Waals surface area contributed by atoms with Crippen LogP contribution >= 0.6 is 22.9 Å². The predicted octanol–water partition coefficient (Wildman–Crippen LogP) is 4.35. The van der Waals surface area contributed by atoms with Gasteiger partial charge in [-0.05, 0) is 57.8 Å². The summed E-state index contributed by atoms with van der Waals surface area (Å²) in [4.78, 5) is 21.4. The van der Waals surface area contributed by atoms with Crippen LogP contribution in [0.3, 0.4) is 0 Å². The van der Waals surface area contributed by atoms with Gasteiger partial charge < -0.3 is 10.2 Å². The van der Waals surface area contributed by atoms with Gasteiger partial charge in [-0.1, -0.05) is 28.9 Å². The number of anilines is 2. The van der Waals surface area contributed by atoms with Gasteiger partial charge in [-0.2, -0.15) is 8.42 Å². The normalized spacial score (nSPS) is 21.7. The molecule has 2 heterocycles. The monoisotopic (exact) mass is 516 g/mol. The quantitative estimate of drug-likeness (QED) is 0.412. The molecule has 180 valence electrons. The molecule has 2 aliphatic rings. The van der Waals surface area contributed by atoms with Crippen molar-refractivity contribution in [1.82, 2.24) is 9.88 Å². The van der Waals surface area contributed by atoms with Gasteiger partial charge in [0, 0.05) is 17.5 Å². The van der Waals surface area contributed by atoms with Crippen molar-refractivity contribution < 1.29 is 22.4 Å². The number of hydrogen-bond donors (Lipinski definition) is 1. The molecule has 1 aliphatic heterocycles. The summed E-state index contributed by atoms with van der Waals surface area (Å²) in [5, 5.41) is 4.91. The Kier molecular flexibility index (Phi) is 7.42. The van der Waals surface area contributed by atoms with E-state index in [0.29, 0.717) is 21.9 Å². The van der Waals surface area contributed by atoms with Crippen molar-refractivity contribution in [3.63, 3.8) is 0 Å². The Morgan fingerprint density at radius 1 is 1.27 bits per heavy atom. The molecule has 1 aromatic carbocycles. The fraction of sp³-hybridized carbons (Fsp3) is 0.524. The molecule has 2 fully saturated rings. The van der Waals surface area contributed by atoms with Crippen LogP contribution in [0.4, 0.5) is 15.2 Å². The standard InChI is InChI=1S/C21H26ClFN4O4S2/c1-14-12-32-21(24-14)27(31-13-28)33(29,30)20-10-15(22)18(11-16(20)23)25-17-6-2-3-7-19(17)26-8-4-5-9-26/h10-13,17,19,25H,2-9H2,1H3/t17-,19-/m0/s1. The van der Waals surface area contributed by atoms with Crippen LogP contribution in [0, 0.1) is 12.7 Å². The Labute approximate surface area is 201 Å². The molecule has 0 spiro atoms. The van der Waals surface area contributed by atoms with Gasteiger partial charge in [0.2, 0.25) is 5.13 Å². The van der Waals surface area contributed by atoms with Crippen molar-refractivity contribution in [2.45, 2.75) is 62.4 Å². The highest BCUT2D eigenvalue weighted by molar-refractivity contribution is 7.92. The van der Waals surface area contributed by atoms with Crippen LogP contribution in [0.1, 0.15) is 44.2 Å². The second-order valence-corrected chi connectivity index (χ2v) is 11.3. The van der Waals surface area contributed by atoms with Gasteiger partial charge in [-0.25, -0.2) is 9.37 Å². The number of rotatable bonds is 8. The molecule has 0 unspecified atom stereocenters. The van der Waals surface area contributed by atoms with E-state index in [1.165, 1.54) is 12.8 Å². The summed E-state index contributed by atoms with van der Waals surface area (Å²) < 4.78 is 41.7. The first-order valence-corrected chi connectivity index (χ1v) is 13.6. The van der Waals surface area contributed by atoms with E-state index in [1.807, 2.05) is 0 Å².